The Hall–Kier alpha value is -1.46. The third-order valence-corrected chi connectivity index (χ3v) is 1.62. The van der Waals surface area contributed by atoms with Crippen LogP contribution in [-0.2, 0) is 9.53 Å². The summed E-state index contributed by atoms with van der Waals surface area (Å²) in [5.41, 5.74) is 0. The minimum Gasteiger partial charge on any atom is -0.480 e. The largest absolute Gasteiger partial charge is 0.480 e. The van der Waals surface area contributed by atoms with E-state index in [-0.39, 0.29) is 18.3 Å². The molecule has 4 nitrogen and oxygen atoms in total. The minimum absolute atomic E-state index is 0.00344. The Bertz CT molecular complexity index is 337. The first-order valence-electron chi connectivity index (χ1n) is 4.24. The molecule has 0 radical (unpaired) electrons. The van der Waals surface area contributed by atoms with Crippen LogP contribution in [0, 0.1) is 0 Å². The van der Waals surface area contributed by atoms with Gasteiger partial charge in [-0.15, -0.1) is 0 Å². The summed E-state index contributed by atoms with van der Waals surface area (Å²) in [5.74, 6) is -0.418. The van der Waals surface area contributed by atoms with E-state index in [1.165, 1.54) is 0 Å². The zero-order valence-corrected chi connectivity index (χ0v) is 8.70. The van der Waals surface area contributed by atoms with Crippen LogP contribution in [0.1, 0.15) is 0 Å². The molecule has 1 aromatic carbocycles. The Kier molecular flexibility index (Phi) is 4.73. The number of hydrogen-bond acceptors (Lipinski definition) is 4. The molecule has 0 aliphatic carbocycles. The number of ether oxygens (including phenoxy) is 2. The van der Waals surface area contributed by atoms with Gasteiger partial charge in [0.05, 0.1) is 0 Å². The molecule has 0 bridgehead atoms. The summed E-state index contributed by atoms with van der Waals surface area (Å²) in [6.07, 6.45) is 0. The summed E-state index contributed by atoms with van der Waals surface area (Å²) < 4.78 is 9.97. The molecule has 80 valence electrons. The van der Waals surface area contributed by atoms with E-state index in [2.05, 4.69) is 0 Å². The van der Waals surface area contributed by atoms with Crippen molar-refractivity contribution in [2.45, 2.75) is 0 Å². The van der Waals surface area contributed by atoms with Gasteiger partial charge in [-0.2, -0.15) is 0 Å². The fraction of sp³-hybridized carbons (Fsp3) is 0.200. The Balaban J connectivity index is 2.28. The van der Waals surface area contributed by atoms with Gasteiger partial charge in [-0.25, -0.2) is 4.79 Å². The zero-order valence-electron chi connectivity index (χ0n) is 7.88. The molecule has 0 fully saturated rings. The first kappa shape index (κ1) is 11.6. The second-order valence-electron chi connectivity index (χ2n) is 2.67. The third kappa shape index (κ3) is 5.09. The van der Waals surface area contributed by atoms with Crippen LogP contribution in [0.2, 0.25) is 0 Å². The summed E-state index contributed by atoms with van der Waals surface area (Å²) in [4.78, 5) is 10.1. The maximum absolute atomic E-state index is 10.1. The van der Waals surface area contributed by atoms with Gasteiger partial charge >= 0.3 is 5.97 Å². The molecule has 1 aromatic rings. The van der Waals surface area contributed by atoms with Crippen LogP contribution >= 0.6 is 12.2 Å². The number of carboxylic acids is 1. The highest BCUT2D eigenvalue weighted by Gasteiger charge is 2.02. The predicted molar refractivity (Wildman–Crippen MR) is 58.1 cm³/mol. The molecule has 15 heavy (non-hydrogen) atoms. The lowest BCUT2D eigenvalue weighted by atomic mass is 10.3. The van der Waals surface area contributed by atoms with Crippen molar-refractivity contribution < 1.29 is 19.4 Å². The van der Waals surface area contributed by atoms with Crippen molar-refractivity contribution in [1.82, 2.24) is 0 Å². The highest BCUT2D eigenvalue weighted by atomic mass is 32.1. The fourth-order valence-corrected chi connectivity index (χ4v) is 1.05. The van der Waals surface area contributed by atoms with Crippen molar-refractivity contribution >= 4 is 23.2 Å². The van der Waals surface area contributed by atoms with E-state index in [1.54, 1.807) is 12.1 Å². The van der Waals surface area contributed by atoms with Gasteiger partial charge in [0, 0.05) is 0 Å². The van der Waals surface area contributed by atoms with Crippen LogP contribution in [0.25, 0.3) is 0 Å². The SMILES string of the molecule is O=C(O)COCC(=S)Oc1ccccc1. The van der Waals surface area contributed by atoms with Crippen molar-refractivity contribution in [3.8, 4) is 5.75 Å². The van der Waals surface area contributed by atoms with Crippen LogP contribution in [0.4, 0.5) is 0 Å². The summed E-state index contributed by atoms with van der Waals surface area (Å²) >= 11 is 4.85. The van der Waals surface area contributed by atoms with Gasteiger partial charge in [0.15, 0.2) is 5.05 Å². The molecular weight excluding hydrogens is 216 g/mol. The van der Waals surface area contributed by atoms with Gasteiger partial charge in [-0.3, -0.25) is 0 Å². The number of rotatable bonds is 5. The molecule has 0 aliphatic heterocycles. The summed E-state index contributed by atoms with van der Waals surface area (Å²) in [6, 6.07) is 9.00. The molecule has 0 atom stereocenters. The van der Waals surface area contributed by atoms with Crippen molar-refractivity contribution in [2.24, 2.45) is 0 Å². The van der Waals surface area contributed by atoms with Crippen molar-refractivity contribution in [3.05, 3.63) is 30.3 Å². The zero-order chi connectivity index (χ0) is 11.1. The van der Waals surface area contributed by atoms with Crippen molar-refractivity contribution in [1.29, 1.82) is 0 Å². The van der Waals surface area contributed by atoms with Gasteiger partial charge in [0.25, 0.3) is 0 Å². The average Bonchev–Trinajstić information content (AvgIpc) is 2.18. The Morgan fingerprint density at radius 1 is 1.27 bits per heavy atom. The van der Waals surface area contributed by atoms with Crippen LogP contribution < -0.4 is 4.74 Å². The Labute approximate surface area is 92.4 Å². The summed E-state index contributed by atoms with van der Waals surface area (Å²) in [6.45, 7) is -0.380. The normalized spacial score (nSPS) is 9.60. The van der Waals surface area contributed by atoms with E-state index in [0.29, 0.717) is 5.75 Å². The first-order valence-corrected chi connectivity index (χ1v) is 4.64. The van der Waals surface area contributed by atoms with E-state index in [1.807, 2.05) is 18.2 Å². The Morgan fingerprint density at radius 2 is 1.93 bits per heavy atom. The lowest BCUT2D eigenvalue weighted by Crippen LogP contribution is -2.17. The number of carboxylic acid groups (broad SMARTS) is 1. The fourth-order valence-electron chi connectivity index (χ4n) is 0.871. The number of hydrogen-bond donors (Lipinski definition) is 1. The highest BCUT2D eigenvalue weighted by molar-refractivity contribution is 7.80. The molecule has 1 rings (SSSR count). The summed E-state index contributed by atoms with van der Waals surface area (Å²) in [5, 5.41) is 8.52. The maximum atomic E-state index is 10.1. The molecule has 0 saturated carbocycles. The molecule has 5 heteroatoms. The molecule has 0 amide bonds. The van der Waals surface area contributed by atoms with E-state index in [4.69, 9.17) is 26.8 Å². The standard InChI is InChI=1S/C10H10O4S/c11-9(12)6-13-7-10(15)14-8-4-2-1-3-5-8/h1-5H,6-7H2,(H,11,12). The quantitative estimate of drug-likeness (QED) is 0.771. The van der Waals surface area contributed by atoms with E-state index in [9.17, 15) is 4.79 Å². The predicted octanol–water partition coefficient (Wildman–Crippen LogP) is 1.49. The number of thiocarbonyl (C=S) groups is 1. The first-order chi connectivity index (χ1) is 7.18. The molecule has 0 unspecified atom stereocenters. The maximum Gasteiger partial charge on any atom is 0.329 e. The van der Waals surface area contributed by atoms with Crippen LogP contribution in [0.5, 0.6) is 5.75 Å². The lowest BCUT2D eigenvalue weighted by molar-refractivity contribution is -0.141. The molecule has 0 spiro atoms. The van der Waals surface area contributed by atoms with Gasteiger partial charge in [-0.1, -0.05) is 18.2 Å². The number of para-hydroxylation sites is 1. The average molecular weight is 226 g/mol. The number of aliphatic carboxylic acids is 1. The Morgan fingerprint density at radius 3 is 2.53 bits per heavy atom. The van der Waals surface area contributed by atoms with Crippen LogP contribution in [-0.4, -0.2) is 29.3 Å². The lowest BCUT2D eigenvalue weighted by Gasteiger charge is -2.06. The molecule has 0 aromatic heterocycles. The monoisotopic (exact) mass is 226 g/mol. The molecule has 0 saturated heterocycles. The minimum atomic E-state index is -1.03. The number of carbonyl (C=O) groups is 1. The van der Waals surface area contributed by atoms with E-state index in [0.717, 1.165) is 0 Å². The second kappa shape index (κ2) is 6.10. The topological polar surface area (TPSA) is 55.8 Å². The molecule has 0 aliphatic rings. The van der Waals surface area contributed by atoms with Gasteiger partial charge in [-0.05, 0) is 24.4 Å². The van der Waals surface area contributed by atoms with Crippen molar-refractivity contribution in [2.75, 3.05) is 13.2 Å². The van der Waals surface area contributed by atoms with Crippen LogP contribution in [0.15, 0.2) is 30.3 Å². The molecule has 0 heterocycles. The smallest absolute Gasteiger partial charge is 0.329 e. The second-order valence-corrected chi connectivity index (χ2v) is 3.13. The third-order valence-electron chi connectivity index (χ3n) is 1.42. The highest BCUT2D eigenvalue weighted by Crippen LogP contribution is 2.08. The van der Waals surface area contributed by atoms with Gasteiger partial charge in [0.1, 0.15) is 19.0 Å². The van der Waals surface area contributed by atoms with Gasteiger partial charge in [0.2, 0.25) is 0 Å². The van der Waals surface area contributed by atoms with Crippen LogP contribution in [0.3, 0.4) is 0 Å². The van der Waals surface area contributed by atoms with Gasteiger partial charge < -0.3 is 14.6 Å². The molecule has 1 N–H and O–H groups in total. The van der Waals surface area contributed by atoms with E-state index < -0.39 is 5.97 Å². The number of benzene rings is 1. The van der Waals surface area contributed by atoms with E-state index >= 15 is 0 Å². The molecular formula is C10H10O4S. The van der Waals surface area contributed by atoms with Crippen molar-refractivity contribution in [3.63, 3.8) is 0 Å². The summed E-state index contributed by atoms with van der Waals surface area (Å²) in [7, 11) is 0.